The molecule has 0 spiro atoms. The van der Waals surface area contributed by atoms with Gasteiger partial charge in [-0.3, -0.25) is 4.90 Å². The summed E-state index contributed by atoms with van der Waals surface area (Å²) in [5.74, 6) is 1.19. The van der Waals surface area contributed by atoms with Crippen molar-refractivity contribution in [3.63, 3.8) is 0 Å². The Morgan fingerprint density at radius 2 is 1.93 bits per heavy atom. The Morgan fingerprint density at radius 1 is 1.33 bits per heavy atom. The van der Waals surface area contributed by atoms with Crippen molar-refractivity contribution in [3.05, 3.63) is 0 Å². The van der Waals surface area contributed by atoms with Crippen molar-refractivity contribution in [3.8, 4) is 0 Å². The number of β-amino-alcohol motifs (C(OH)–C–C–N with tert-alkyl or cyclic N) is 1. The number of aliphatic hydroxyl groups is 1. The number of rotatable bonds is 4. The highest BCUT2D eigenvalue weighted by molar-refractivity contribution is 8.00. The van der Waals surface area contributed by atoms with Crippen LogP contribution in [0.4, 0.5) is 0 Å². The van der Waals surface area contributed by atoms with E-state index in [1.165, 1.54) is 5.75 Å². The van der Waals surface area contributed by atoms with E-state index >= 15 is 0 Å². The number of nitrogens with zero attached hydrogens (tertiary/aromatic N) is 1. The number of hydrogen-bond donors (Lipinski definition) is 1. The van der Waals surface area contributed by atoms with E-state index in [0.717, 1.165) is 32.5 Å². The lowest BCUT2D eigenvalue weighted by atomic mass is 9.96. The Hall–Kier alpha value is 0.270. The third-order valence-corrected chi connectivity index (χ3v) is 4.64. The molecule has 3 heteroatoms. The van der Waals surface area contributed by atoms with Crippen molar-refractivity contribution in [1.29, 1.82) is 0 Å². The Morgan fingerprint density at radius 3 is 2.40 bits per heavy atom. The first-order valence-corrected chi connectivity index (χ1v) is 6.98. The van der Waals surface area contributed by atoms with Gasteiger partial charge >= 0.3 is 0 Å². The molecule has 1 fully saturated rings. The first-order valence-electron chi connectivity index (χ1n) is 5.99. The van der Waals surface area contributed by atoms with Gasteiger partial charge in [0.25, 0.3) is 0 Å². The van der Waals surface area contributed by atoms with Gasteiger partial charge in [0.05, 0.1) is 5.60 Å². The summed E-state index contributed by atoms with van der Waals surface area (Å²) >= 11 is 2.04. The highest BCUT2D eigenvalue weighted by Crippen LogP contribution is 2.30. The molecule has 15 heavy (non-hydrogen) atoms. The third-order valence-electron chi connectivity index (χ3n) is 3.34. The number of thioether (sulfide) groups is 1. The van der Waals surface area contributed by atoms with Crippen LogP contribution in [0.25, 0.3) is 0 Å². The second-order valence-corrected chi connectivity index (χ2v) is 7.05. The van der Waals surface area contributed by atoms with Crippen LogP contribution in [0.5, 0.6) is 0 Å². The van der Waals surface area contributed by atoms with E-state index in [1.54, 1.807) is 0 Å². The lowest BCUT2D eigenvalue weighted by Gasteiger charge is -2.41. The minimum absolute atomic E-state index is 0.348. The van der Waals surface area contributed by atoms with Crippen LogP contribution in [0.2, 0.25) is 0 Å². The maximum absolute atomic E-state index is 10.3. The smallest absolute Gasteiger partial charge is 0.0768 e. The molecule has 1 aliphatic rings. The Labute approximate surface area is 98.4 Å². The fourth-order valence-electron chi connectivity index (χ4n) is 2.14. The zero-order valence-corrected chi connectivity index (χ0v) is 11.4. The van der Waals surface area contributed by atoms with Gasteiger partial charge in [0.2, 0.25) is 0 Å². The predicted octanol–water partition coefficient (Wildman–Crippen LogP) is 2.36. The largest absolute Gasteiger partial charge is 0.389 e. The van der Waals surface area contributed by atoms with E-state index in [4.69, 9.17) is 0 Å². The van der Waals surface area contributed by atoms with Crippen molar-refractivity contribution < 1.29 is 5.11 Å². The van der Waals surface area contributed by atoms with Crippen LogP contribution in [0.3, 0.4) is 0 Å². The molecule has 1 aliphatic heterocycles. The highest BCUT2D eigenvalue weighted by atomic mass is 32.2. The molecule has 90 valence electrons. The van der Waals surface area contributed by atoms with Crippen LogP contribution in [0.15, 0.2) is 0 Å². The monoisotopic (exact) mass is 231 g/mol. The molecule has 1 heterocycles. The molecule has 0 bridgehead atoms. The summed E-state index contributed by atoms with van der Waals surface area (Å²) in [6.07, 6.45) is 1.71. The van der Waals surface area contributed by atoms with Gasteiger partial charge < -0.3 is 5.11 Å². The zero-order valence-electron chi connectivity index (χ0n) is 10.5. The molecule has 2 nitrogen and oxygen atoms in total. The van der Waals surface area contributed by atoms with E-state index in [2.05, 4.69) is 32.6 Å². The lowest BCUT2D eigenvalue weighted by Crippen LogP contribution is -2.50. The van der Waals surface area contributed by atoms with Gasteiger partial charge in [-0.25, -0.2) is 0 Å². The second-order valence-electron chi connectivity index (χ2n) is 5.25. The molecule has 0 saturated carbocycles. The first kappa shape index (κ1) is 13.3. The molecular weight excluding hydrogens is 206 g/mol. The molecule has 0 radical (unpaired) electrons. The van der Waals surface area contributed by atoms with Gasteiger partial charge in [-0.15, -0.1) is 0 Å². The average Bonchev–Trinajstić information content (AvgIpc) is 2.16. The summed E-state index contributed by atoms with van der Waals surface area (Å²) in [4.78, 5) is 2.42. The average molecular weight is 231 g/mol. The summed E-state index contributed by atoms with van der Waals surface area (Å²) in [5, 5.41) is 10.3. The summed E-state index contributed by atoms with van der Waals surface area (Å²) in [6.45, 7) is 11.8. The van der Waals surface area contributed by atoms with Gasteiger partial charge in [0.1, 0.15) is 0 Å². The molecule has 0 aromatic heterocycles. The van der Waals surface area contributed by atoms with Crippen molar-refractivity contribution in [2.75, 3.05) is 25.4 Å². The Balaban J connectivity index is 2.51. The van der Waals surface area contributed by atoms with Crippen LogP contribution < -0.4 is 0 Å². The summed E-state index contributed by atoms with van der Waals surface area (Å²) < 4.78 is 0.348. The first-order chi connectivity index (χ1) is 6.91. The third kappa shape index (κ3) is 3.97. The van der Waals surface area contributed by atoms with E-state index in [-0.39, 0.29) is 0 Å². The fraction of sp³-hybridized carbons (Fsp3) is 1.00. The van der Waals surface area contributed by atoms with E-state index in [0.29, 0.717) is 4.75 Å². The second kappa shape index (κ2) is 5.07. The van der Waals surface area contributed by atoms with E-state index in [1.807, 2.05) is 11.8 Å². The van der Waals surface area contributed by atoms with Crippen molar-refractivity contribution in [1.82, 2.24) is 4.90 Å². The fourth-order valence-corrected chi connectivity index (χ4v) is 3.31. The van der Waals surface area contributed by atoms with Crippen molar-refractivity contribution >= 4 is 11.8 Å². The SMILES string of the molecule is CCC(O)(CC)CN1CCSC(C)(C)C1. The van der Waals surface area contributed by atoms with Crippen LogP contribution >= 0.6 is 11.8 Å². The van der Waals surface area contributed by atoms with Crippen LogP contribution in [-0.4, -0.2) is 45.7 Å². The van der Waals surface area contributed by atoms with E-state index < -0.39 is 5.60 Å². The van der Waals surface area contributed by atoms with Crippen molar-refractivity contribution in [2.45, 2.75) is 50.9 Å². The Bertz CT molecular complexity index is 202. The molecule has 0 amide bonds. The molecule has 1 rings (SSSR count). The highest BCUT2D eigenvalue weighted by Gasteiger charge is 2.32. The maximum atomic E-state index is 10.3. The minimum Gasteiger partial charge on any atom is -0.389 e. The molecule has 0 aliphatic carbocycles. The van der Waals surface area contributed by atoms with Crippen LogP contribution in [0.1, 0.15) is 40.5 Å². The lowest BCUT2D eigenvalue weighted by molar-refractivity contribution is -0.00425. The molecule has 0 aromatic rings. The number of hydrogen-bond acceptors (Lipinski definition) is 3. The van der Waals surface area contributed by atoms with Gasteiger partial charge in [-0.2, -0.15) is 11.8 Å². The maximum Gasteiger partial charge on any atom is 0.0768 e. The van der Waals surface area contributed by atoms with Crippen molar-refractivity contribution in [2.24, 2.45) is 0 Å². The standard InChI is InChI=1S/C12H25NOS/c1-5-12(14,6-2)10-13-7-8-15-11(3,4)9-13/h14H,5-10H2,1-4H3. The summed E-state index contributed by atoms with van der Waals surface area (Å²) in [6, 6.07) is 0. The summed E-state index contributed by atoms with van der Waals surface area (Å²) in [5.41, 5.74) is -0.474. The molecule has 0 aromatic carbocycles. The quantitative estimate of drug-likeness (QED) is 0.803. The zero-order chi connectivity index (χ0) is 11.5. The Kier molecular flexibility index (Phi) is 4.50. The minimum atomic E-state index is -0.474. The van der Waals surface area contributed by atoms with Crippen LogP contribution in [-0.2, 0) is 0 Å². The topological polar surface area (TPSA) is 23.5 Å². The van der Waals surface area contributed by atoms with E-state index in [9.17, 15) is 5.11 Å². The normalized spacial score (nSPS) is 23.0. The molecule has 0 unspecified atom stereocenters. The van der Waals surface area contributed by atoms with Gasteiger partial charge in [0, 0.05) is 30.1 Å². The van der Waals surface area contributed by atoms with Gasteiger partial charge in [-0.1, -0.05) is 13.8 Å². The molecule has 1 saturated heterocycles. The summed E-state index contributed by atoms with van der Waals surface area (Å²) in [7, 11) is 0. The molecule has 1 N–H and O–H groups in total. The van der Waals surface area contributed by atoms with Crippen LogP contribution in [0, 0.1) is 0 Å². The van der Waals surface area contributed by atoms with Gasteiger partial charge in [-0.05, 0) is 26.7 Å². The predicted molar refractivity (Wildman–Crippen MR) is 68.5 cm³/mol. The molecule has 0 atom stereocenters. The van der Waals surface area contributed by atoms with Gasteiger partial charge in [0.15, 0.2) is 0 Å². The molecular formula is C12H25NOS.